The summed E-state index contributed by atoms with van der Waals surface area (Å²) in [5, 5.41) is 9.10. The number of ether oxygens (including phenoxy) is 1. The zero-order chi connectivity index (χ0) is 17.9. The normalized spacial score (nSPS) is 11.7. The highest BCUT2D eigenvalue weighted by molar-refractivity contribution is 5.71. The topological polar surface area (TPSA) is 87.2 Å². The minimum Gasteiger partial charge on any atom is -0.406 e. The number of benzene rings is 1. The fourth-order valence-electron chi connectivity index (χ4n) is 2.28. The van der Waals surface area contributed by atoms with Crippen LogP contribution in [0.2, 0.25) is 0 Å². The average Bonchev–Trinajstić information content (AvgIpc) is 3.02. The molecule has 0 aliphatic heterocycles. The predicted octanol–water partition coefficient (Wildman–Crippen LogP) is 2.77. The van der Waals surface area contributed by atoms with Gasteiger partial charge in [0.05, 0.1) is 12.5 Å². The van der Waals surface area contributed by atoms with E-state index in [9.17, 15) is 13.2 Å². The molecule has 2 heterocycles. The number of aliphatic hydroxyl groups is 1. The van der Waals surface area contributed by atoms with E-state index in [-0.39, 0.29) is 18.3 Å². The van der Waals surface area contributed by atoms with E-state index in [4.69, 9.17) is 5.11 Å². The van der Waals surface area contributed by atoms with Crippen molar-refractivity contribution >= 4 is 22.8 Å². The van der Waals surface area contributed by atoms with Crippen LogP contribution < -0.4 is 9.64 Å². The molecule has 3 rings (SSSR count). The highest BCUT2D eigenvalue weighted by Crippen LogP contribution is 2.29. The van der Waals surface area contributed by atoms with Crippen LogP contribution in [0, 0.1) is 0 Å². The Morgan fingerprint density at radius 3 is 2.84 bits per heavy atom. The first-order valence-corrected chi connectivity index (χ1v) is 7.36. The third-order valence-electron chi connectivity index (χ3n) is 3.31. The van der Waals surface area contributed by atoms with Crippen LogP contribution in [-0.2, 0) is 0 Å². The Morgan fingerprint density at radius 1 is 1.24 bits per heavy atom. The second kappa shape index (κ2) is 6.93. The van der Waals surface area contributed by atoms with Gasteiger partial charge in [0.2, 0.25) is 5.95 Å². The van der Waals surface area contributed by atoms with E-state index in [1.807, 2.05) is 0 Å². The van der Waals surface area contributed by atoms with Gasteiger partial charge < -0.3 is 19.7 Å². The van der Waals surface area contributed by atoms with Gasteiger partial charge in [-0.25, -0.2) is 9.97 Å². The van der Waals surface area contributed by atoms with Gasteiger partial charge in [-0.1, -0.05) is 6.07 Å². The third-order valence-corrected chi connectivity index (χ3v) is 3.31. The summed E-state index contributed by atoms with van der Waals surface area (Å²) in [6.07, 6.45) is -1.39. The van der Waals surface area contributed by atoms with Crippen LogP contribution in [0.15, 0.2) is 36.8 Å². The van der Waals surface area contributed by atoms with Gasteiger partial charge in [0.15, 0.2) is 5.65 Å². The number of imidazole rings is 1. The van der Waals surface area contributed by atoms with E-state index in [0.29, 0.717) is 29.8 Å². The van der Waals surface area contributed by atoms with Crippen molar-refractivity contribution in [3.05, 3.63) is 36.8 Å². The lowest BCUT2D eigenvalue weighted by Crippen LogP contribution is -2.22. The molecule has 0 aliphatic carbocycles. The predicted molar refractivity (Wildman–Crippen MR) is 83.5 cm³/mol. The van der Waals surface area contributed by atoms with E-state index in [2.05, 4.69) is 24.7 Å². The molecular formula is C15H14F3N5O2. The molecule has 7 nitrogen and oxygen atoms in total. The fraction of sp³-hybridized carbons (Fsp3) is 0.267. The number of alkyl halides is 3. The van der Waals surface area contributed by atoms with Gasteiger partial charge in [-0.05, 0) is 18.6 Å². The van der Waals surface area contributed by atoms with E-state index >= 15 is 0 Å². The molecule has 0 spiro atoms. The molecule has 0 saturated carbocycles. The first-order valence-electron chi connectivity index (χ1n) is 7.36. The number of aromatic amines is 1. The Balaban J connectivity index is 1.96. The van der Waals surface area contributed by atoms with Crippen molar-refractivity contribution < 1.29 is 23.0 Å². The zero-order valence-corrected chi connectivity index (χ0v) is 12.9. The standard InChI is InChI=1S/C15H14F3N5O2/c16-15(17,18)25-11-4-1-3-10(7-11)23(5-2-6-24)14-19-8-12-13(22-14)21-9-20-12/h1,3-4,7-9,24H,2,5-6H2,(H,19,20,21,22). The number of fused-ring (bicyclic) bond motifs is 1. The van der Waals surface area contributed by atoms with Crippen LogP contribution in [0.25, 0.3) is 11.2 Å². The lowest BCUT2D eigenvalue weighted by atomic mass is 10.2. The molecule has 3 aromatic rings. The Bertz CT molecular complexity index is 852. The number of H-pyrrole nitrogens is 1. The van der Waals surface area contributed by atoms with Crippen molar-refractivity contribution in [2.24, 2.45) is 0 Å². The van der Waals surface area contributed by atoms with Crippen molar-refractivity contribution in [3.63, 3.8) is 0 Å². The third kappa shape index (κ3) is 4.15. The first-order chi connectivity index (χ1) is 12.0. The van der Waals surface area contributed by atoms with Gasteiger partial charge in [0.1, 0.15) is 11.3 Å². The number of nitrogens with one attached hydrogen (secondary N) is 1. The van der Waals surface area contributed by atoms with Gasteiger partial charge in [0, 0.05) is 24.9 Å². The molecule has 0 bridgehead atoms. The molecule has 0 saturated heterocycles. The van der Waals surface area contributed by atoms with Crippen LogP contribution in [0.5, 0.6) is 5.75 Å². The molecule has 0 fully saturated rings. The second-order valence-corrected chi connectivity index (χ2v) is 5.08. The molecule has 1 aromatic carbocycles. The van der Waals surface area contributed by atoms with Gasteiger partial charge in [-0.2, -0.15) is 4.98 Å². The monoisotopic (exact) mass is 353 g/mol. The zero-order valence-electron chi connectivity index (χ0n) is 12.9. The quantitative estimate of drug-likeness (QED) is 0.709. The summed E-state index contributed by atoms with van der Waals surface area (Å²) in [4.78, 5) is 17.0. The van der Waals surface area contributed by atoms with Crippen molar-refractivity contribution in [1.29, 1.82) is 0 Å². The lowest BCUT2D eigenvalue weighted by molar-refractivity contribution is -0.274. The minimum absolute atomic E-state index is 0.0834. The molecule has 10 heteroatoms. The molecule has 132 valence electrons. The summed E-state index contributed by atoms with van der Waals surface area (Å²) < 4.78 is 41.3. The second-order valence-electron chi connectivity index (χ2n) is 5.08. The number of anilines is 2. The van der Waals surface area contributed by atoms with Crippen molar-refractivity contribution in [1.82, 2.24) is 19.9 Å². The summed E-state index contributed by atoms with van der Waals surface area (Å²) in [6.45, 7) is 0.224. The SMILES string of the molecule is OCCCN(c1cccc(OC(F)(F)F)c1)c1ncc2[nH]cnc2n1. The van der Waals surface area contributed by atoms with Crippen LogP contribution >= 0.6 is 0 Å². The summed E-state index contributed by atoms with van der Waals surface area (Å²) in [5.41, 5.74) is 1.48. The van der Waals surface area contributed by atoms with Crippen LogP contribution in [0.1, 0.15) is 6.42 Å². The Kier molecular flexibility index (Phi) is 4.70. The number of hydrogen-bond acceptors (Lipinski definition) is 6. The highest BCUT2D eigenvalue weighted by atomic mass is 19.4. The molecule has 25 heavy (non-hydrogen) atoms. The van der Waals surface area contributed by atoms with Gasteiger partial charge in [-0.3, -0.25) is 0 Å². The van der Waals surface area contributed by atoms with E-state index in [1.165, 1.54) is 30.7 Å². The van der Waals surface area contributed by atoms with Gasteiger partial charge in [-0.15, -0.1) is 13.2 Å². The largest absolute Gasteiger partial charge is 0.573 e. The number of rotatable bonds is 6. The number of hydrogen-bond donors (Lipinski definition) is 2. The van der Waals surface area contributed by atoms with Crippen LogP contribution in [0.3, 0.4) is 0 Å². The molecular weight excluding hydrogens is 339 g/mol. The molecule has 2 N–H and O–H groups in total. The minimum atomic E-state index is -4.78. The summed E-state index contributed by atoms with van der Waals surface area (Å²) >= 11 is 0. The Hall–Kier alpha value is -2.88. The maximum absolute atomic E-state index is 12.4. The lowest BCUT2D eigenvalue weighted by Gasteiger charge is -2.23. The molecule has 0 aliphatic rings. The first kappa shape index (κ1) is 17.0. The van der Waals surface area contributed by atoms with E-state index < -0.39 is 6.36 Å². The Labute approximate surface area is 140 Å². The molecule has 0 unspecified atom stereocenters. The number of aliphatic hydroxyl groups excluding tert-OH is 1. The van der Waals surface area contributed by atoms with Crippen LogP contribution in [-0.4, -0.2) is 44.6 Å². The van der Waals surface area contributed by atoms with Crippen molar-refractivity contribution in [2.45, 2.75) is 12.8 Å². The highest BCUT2D eigenvalue weighted by Gasteiger charge is 2.31. The van der Waals surface area contributed by atoms with Gasteiger partial charge >= 0.3 is 6.36 Å². The van der Waals surface area contributed by atoms with E-state index in [1.54, 1.807) is 11.0 Å². The fourth-order valence-corrected chi connectivity index (χ4v) is 2.28. The molecule has 2 aromatic heterocycles. The van der Waals surface area contributed by atoms with Gasteiger partial charge in [0.25, 0.3) is 0 Å². The summed E-state index contributed by atoms with van der Waals surface area (Å²) in [6, 6.07) is 5.50. The number of halogens is 3. The Morgan fingerprint density at radius 2 is 2.08 bits per heavy atom. The molecule has 0 atom stereocenters. The number of nitrogens with zero attached hydrogens (tertiary/aromatic N) is 4. The number of aromatic nitrogens is 4. The van der Waals surface area contributed by atoms with E-state index in [0.717, 1.165) is 0 Å². The average molecular weight is 353 g/mol. The maximum Gasteiger partial charge on any atom is 0.573 e. The summed E-state index contributed by atoms with van der Waals surface area (Å²) in [7, 11) is 0. The molecule has 0 radical (unpaired) electrons. The van der Waals surface area contributed by atoms with Crippen molar-refractivity contribution in [2.75, 3.05) is 18.1 Å². The van der Waals surface area contributed by atoms with Crippen LogP contribution in [0.4, 0.5) is 24.8 Å². The maximum atomic E-state index is 12.4. The van der Waals surface area contributed by atoms with Crippen molar-refractivity contribution in [3.8, 4) is 5.75 Å². The smallest absolute Gasteiger partial charge is 0.406 e. The molecule has 0 amide bonds. The summed E-state index contributed by atoms with van der Waals surface area (Å²) in [5.74, 6) is -0.0861.